The zero-order valence-electron chi connectivity index (χ0n) is 13.9. The summed E-state index contributed by atoms with van der Waals surface area (Å²) in [6, 6.07) is 8.42. The molecule has 21 heavy (non-hydrogen) atoms. The van der Waals surface area contributed by atoms with Crippen LogP contribution in [0.5, 0.6) is 5.75 Å². The maximum atomic E-state index is 5.73. The van der Waals surface area contributed by atoms with Crippen LogP contribution >= 0.6 is 0 Å². The van der Waals surface area contributed by atoms with Gasteiger partial charge in [0.2, 0.25) is 0 Å². The summed E-state index contributed by atoms with van der Waals surface area (Å²) < 4.78 is 5.73. The van der Waals surface area contributed by atoms with Crippen LogP contribution in [0.2, 0.25) is 0 Å². The Kier molecular flexibility index (Phi) is 7.60. The second-order valence-electron chi connectivity index (χ2n) is 5.40. The lowest BCUT2D eigenvalue weighted by Crippen LogP contribution is -1.97. The van der Waals surface area contributed by atoms with Crippen LogP contribution in [0.15, 0.2) is 60.4 Å². The number of allylic oxidation sites excluding steroid dienone is 4. The number of rotatable bonds is 8. The van der Waals surface area contributed by atoms with Crippen LogP contribution in [-0.4, -0.2) is 0 Å². The van der Waals surface area contributed by atoms with Gasteiger partial charge in [-0.1, -0.05) is 56.7 Å². The van der Waals surface area contributed by atoms with E-state index in [0.717, 1.165) is 5.75 Å². The van der Waals surface area contributed by atoms with Gasteiger partial charge in [-0.05, 0) is 56.4 Å². The average Bonchev–Trinajstić information content (AvgIpc) is 2.51. The molecule has 0 aliphatic heterocycles. The zero-order valence-corrected chi connectivity index (χ0v) is 13.9. The maximum Gasteiger partial charge on any atom is 0.127 e. The van der Waals surface area contributed by atoms with Crippen molar-refractivity contribution in [1.29, 1.82) is 0 Å². The Morgan fingerprint density at radius 3 is 2.38 bits per heavy atom. The average molecular weight is 284 g/mol. The second kappa shape index (κ2) is 9.23. The van der Waals surface area contributed by atoms with Crippen molar-refractivity contribution < 1.29 is 4.74 Å². The van der Waals surface area contributed by atoms with Crippen LogP contribution < -0.4 is 4.74 Å². The van der Waals surface area contributed by atoms with Gasteiger partial charge in [0.25, 0.3) is 0 Å². The molecule has 0 amide bonds. The van der Waals surface area contributed by atoms with E-state index in [4.69, 9.17) is 4.74 Å². The Morgan fingerprint density at radius 1 is 1.19 bits per heavy atom. The zero-order chi connectivity index (χ0) is 15.7. The molecule has 0 radical (unpaired) electrons. The van der Waals surface area contributed by atoms with Gasteiger partial charge in [0, 0.05) is 0 Å². The molecular weight excluding hydrogens is 256 g/mol. The van der Waals surface area contributed by atoms with E-state index in [1.807, 2.05) is 31.2 Å². The van der Waals surface area contributed by atoms with E-state index in [-0.39, 0.29) is 0 Å². The third kappa shape index (κ3) is 6.03. The molecule has 1 nitrogen and oxygen atoms in total. The summed E-state index contributed by atoms with van der Waals surface area (Å²) in [7, 11) is 0. The van der Waals surface area contributed by atoms with Crippen LogP contribution in [-0.2, 0) is 0 Å². The van der Waals surface area contributed by atoms with Crippen LogP contribution in [0.3, 0.4) is 0 Å². The van der Waals surface area contributed by atoms with E-state index in [2.05, 4.69) is 45.6 Å². The van der Waals surface area contributed by atoms with Gasteiger partial charge < -0.3 is 4.74 Å². The van der Waals surface area contributed by atoms with Crippen molar-refractivity contribution >= 4 is 0 Å². The maximum absolute atomic E-state index is 5.73. The van der Waals surface area contributed by atoms with Gasteiger partial charge in [-0.3, -0.25) is 0 Å². The summed E-state index contributed by atoms with van der Waals surface area (Å²) in [5, 5.41) is 0. The molecule has 1 heteroatoms. The van der Waals surface area contributed by atoms with Crippen molar-refractivity contribution in [2.24, 2.45) is 0 Å². The number of ether oxygens (including phenoxy) is 1. The molecule has 0 heterocycles. The summed E-state index contributed by atoms with van der Waals surface area (Å²) in [5.74, 6) is 2.16. The molecule has 0 N–H and O–H groups in total. The standard InChI is InChI=1S/C20H28O/c1-6-9-18(8-3)19-12-14-20(15-13-19)21-17(5)11-10-16(4)7-2/h7,10-15,18H,5-6,8-9H2,1-4H3/b11-10-,16-7-. The Hall–Kier alpha value is -1.76. The predicted molar refractivity (Wildman–Crippen MR) is 92.7 cm³/mol. The predicted octanol–water partition coefficient (Wildman–Crippen LogP) is 6.40. The fourth-order valence-electron chi connectivity index (χ4n) is 2.27. The minimum atomic E-state index is 0.657. The highest BCUT2D eigenvalue weighted by Gasteiger charge is 2.08. The van der Waals surface area contributed by atoms with E-state index < -0.39 is 0 Å². The summed E-state index contributed by atoms with van der Waals surface area (Å²) in [4.78, 5) is 0. The van der Waals surface area contributed by atoms with Crippen LogP contribution in [0.1, 0.15) is 58.4 Å². The minimum Gasteiger partial charge on any atom is -0.458 e. The van der Waals surface area contributed by atoms with Gasteiger partial charge in [-0.15, -0.1) is 0 Å². The van der Waals surface area contributed by atoms with E-state index in [9.17, 15) is 0 Å². The Labute approximate surface area is 130 Å². The first-order chi connectivity index (χ1) is 10.1. The Bertz CT molecular complexity index is 491. The van der Waals surface area contributed by atoms with Gasteiger partial charge in [0.1, 0.15) is 11.5 Å². The van der Waals surface area contributed by atoms with Crippen molar-refractivity contribution in [2.45, 2.75) is 52.9 Å². The van der Waals surface area contributed by atoms with Crippen LogP contribution in [0.25, 0.3) is 0 Å². The third-order valence-corrected chi connectivity index (χ3v) is 3.72. The van der Waals surface area contributed by atoms with Crippen molar-refractivity contribution in [3.8, 4) is 5.75 Å². The lowest BCUT2D eigenvalue weighted by Gasteiger charge is -2.15. The first-order valence-electron chi connectivity index (χ1n) is 7.88. The fraction of sp³-hybridized carbons (Fsp3) is 0.400. The minimum absolute atomic E-state index is 0.657. The summed E-state index contributed by atoms with van der Waals surface area (Å²) in [6.45, 7) is 12.5. The monoisotopic (exact) mass is 284 g/mol. The highest BCUT2D eigenvalue weighted by Crippen LogP contribution is 2.26. The number of hydrogen-bond acceptors (Lipinski definition) is 1. The van der Waals surface area contributed by atoms with Crippen molar-refractivity contribution in [3.05, 3.63) is 66.0 Å². The second-order valence-corrected chi connectivity index (χ2v) is 5.40. The normalized spacial score (nSPS) is 13.4. The van der Waals surface area contributed by atoms with Crippen LogP contribution in [0.4, 0.5) is 0 Å². The molecule has 0 spiro atoms. The fourth-order valence-corrected chi connectivity index (χ4v) is 2.27. The van der Waals surface area contributed by atoms with Crippen molar-refractivity contribution in [3.63, 3.8) is 0 Å². The molecule has 0 saturated heterocycles. The molecule has 1 aromatic rings. The molecular formula is C20H28O. The molecule has 0 aliphatic carbocycles. The lowest BCUT2D eigenvalue weighted by molar-refractivity contribution is 0.446. The van der Waals surface area contributed by atoms with Crippen LogP contribution in [0, 0.1) is 0 Å². The topological polar surface area (TPSA) is 9.23 Å². The van der Waals surface area contributed by atoms with E-state index in [1.54, 1.807) is 0 Å². The molecule has 0 saturated carbocycles. The highest BCUT2D eigenvalue weighted by molar-refractivity contribution is 5.32. The first kappa shape index (κ1) is 17.3. The van der Waals surface area contributed by atoms with E-state index >= 15 is 0 Å². The molecule has 1 rings (SSSR count). The largest absolute Gasteiger partial charge is 0.458 e. The third-order valence-electron chi connectivity index (χ3n) is 3.72. The smallest absolute Gasteiger partial charge is 0.127 e. The summed E-state index contributed by atoms with van der Waals surface area (Å²) in [5.41, 5.74) is 2.60. The molecule has 0 fully saturated rings. The van der Waals surface area contributed by atoms with Crippen molar-refractivity contribution in [2.75, 3.05) is 0 Å². The Morgan fingerprint density at radius 2 is 1.86 bits per heavy atom. The summed E-state index contributed by atoms with van der Waals surface area (Å²) >= 11 is 0. The van der Waals surface area contributed by atoms with E-state index in [1.165, 1.54) is 30.4 Å². The SMILES string of the molecule is C=C(/C=C\C(C)=C/C)Oc1ccc(C(CC)CCC)cc1. The number of benzene rings is 1. The molecule has 0 aliphatic rings. The number of hydrogen-bond donors (Lipinski definition) is 0. The quantitative estimate of drug-likeness (QED) is 0.396. The molecule has 0 bridgehead atoms. The molecule has 1 unspecified atom stereocenters. The molecule has 1 atom stereocenters. The lowest BCUT2D eigenvalue weighted by atomic mass is 9.92. The summed E-state index contributed by atoms with van der Waals surface area (Å²) in [6.07, 6.45) is 9.61. The highest BCUT2D eigenvalue weighted by atomic mass is 16.5. The van der Waals surface area contributed by atoms with Gasteiger partial charge in [0.05, 0.1) is 0 Å². The van der Waals surface area contributed by atoms with E-state index in [0.29, 0.717) is 11.7 Å². The van der Waals surface area contributed by atoms with Gasteiger partial charge in [0.15, 0.2) is 0 Å². The van der Waals surface area contributed by atoms with Gasteiger partial charge in [-0.2, -0.15) is 0 Å². The molecule has 114 valence electrons. The van der Waals surface area contributed by atoms with Gasteiger partial charge >= 0.3 is 0 Å². The molecule has 0 aromatic heterocycles. The van der Waals surface area contributed by atoms with Gasteiger partial charge in [-0.25, -0.2) is 0 Å². The Balaban J connectivity index is 2.66. The van der Waals surface area contributed by atoms with Crippen molar-refractivity contribution in [1.82, 2.24) is 0 Å². The first-order valence-corrected chi connectivity index (χ1v) is 7.88. The molecule has 1 aromatic carbocycles.